The second-order valence-electron chi connectivity index (χ2n) is 4.41. The zero-order chi connectivity index (χ0) is 14.1. The number of halogens is 2. The minimum absolute atomic E-state index is 0.105. The van der Waals surface area contributed by atoms with Crippen molar-refractivity contribution in [3.8, 4) is 0 Å². The van der Waals surface area contributed by atoms with E-state index in [0.29, 0.717) is 11.4 Å². The van der Waals surface area contributed by atoms with Gasteiger partial charge in [-0.2, -0.15) is 0 Å². The van der Waals surface area contributed by atoms with Crippen LogP contribution in [0.1, 0.15) is 18.5 Å². The molecule has 0 spiro atoms. The number of anilines is 3. The fraction of sp³-hybridized carbons (Fsp3) is 0.231. The normalized spacial score (nSPS) is 15.8. The van der Waals surface area contributed by atoms with Crippen molar-refractivity contribution in [3.63, 3.8) is 0 Å². The van der Waals surface area contributed by atoms with Crippen LogP contribution in [-0.2, 0) is 0 Å². The summed E-state index contributed by atoms with van der Waals surface area (Å²) in [7, 11) is 0. The molecule has 2 aromatic heterocycles. The first-order valence-corrected chi connectivity index (χ1v) is 8.65. The molecule has 5 nitrogen and oxygen atoms in total. The van der Waals surface area contributed by atoms with Gasteiger partial charge in [0, 0.05) is 0 Å². The van der Waals surface area contributed by atoms with Crippen molar-refractivity contribution in [1.82, 2.24) is 9.97 Å². The van der Waals surface area contributed by atoms with Crippen LogP contribution in [0.2, 0.25) is 0 Å². The van der Waals surface area contributed by atoms with Gasteiger partial charge in [0.1, 0.15) is 0 Å². The van der Waals surface area contributed by atoms with E-state index in [2.05, 4.69) is 18.4 Å². The molecule has 3 rings (SSSR count). The van der Waals surface area contributed by atoms with Crippen LogP contribution in [0.3, 0.4) is 0 Å². The van der Waals surface area contributed by atoms with E-state index in [-0.39, 0.29) is 27.5 Å². The first-order chi connectivity index (χ1) is 9.66. The molecule has 1 atom stereocenters. The second-order valence-corrected chi connectivity index (χ2v) is 6.89. The quantitative estimate of drug-likeness (QED) is 0.232. The fourth-order valence-electron chi connectivity index (χ4n) is 2.11. The molecule has 0 saturated heterocycles. The monoisotopic (exact) mass is 386 g/mol. The van der Waals surface area contributed by atoms with Gasteiger partial charge in [0.15, 0.2) is 0 Å². The summed E-state index contributed by atoms with van der Waals surface area (Å²) in [5.74, 6) is 0.855. The van der Waals surface area contributed by atoms with Crippen molar-refractivity contribution in [3.05, 3.63) is 42.0 Å². The van der Waals surface area contributed by atoms with Gasteiger partial charge >= 0.3 is 127 Å². The minimum atomic E-state index is -0.423. The van der Waals surface area contributed by atoms with Gasteiger partial charge in [0.05, 0.1) is 0 Å². The van der Waals surface area contributed by atoms with Gasteiger partial charge in [0.25, 0.3) is 0 Å². The summed E-state index contributed by atoms with van der Waals surface area (Å²) in [6.45, 7) is 1.97. The molecule has 0 amide bonds. The summed E-state index contributed by atoms with van der Waals surface area (Å²) < 4.78 is 16.9. The van der Waals surface area contributed by atoms with Crippen LogP contribution in [0.4, 0.5) is 21.7 Å². The third kappa shape index (κ3) is 2.37. The van der Waals surface area contributed by atoms with Crippen molar-refractivity contribution in [2.24, 2.45) is 0 Å². The van der Waals surface area contributed by atoms with Gasteiger partial charge < -0.3 is 0 Å². The number of nitrogen functional groups attached to an aromatic ring is 1. The Morgan fingerprint density at radius 2 is 2.30 bits per heavy atom. The number of pyridine rings is 2. The summed E-state index contributed by atoms with van der Waals surface area (Å²) in [6.07, 6.45) is 1.46. The predicted molar refractivity (Wildman–Crippen MR) is 72.2 cm³/mol. The van der Waals surface area contributed by atoms with Crippen LogP contribution in [0.25, 0.3) is 0 Å². The molecule has 7 heteroatoms. The molecule has 0 radical (unpaired) electrons. The van der Waals surface area contributed by atoms with Gasteiger partial charge in [0.2, 0.25) is 0 Å². The topological polar surface area (TPSA) is 67.1 Å². The summed E-state index contributed by atoms with van der Waals surface area (Å²) in [5.41, 5.74) is 7.31. The third-order valence-electron chi connectivity index (χ3n) is 3.12. The Hall–Kier alpha value is -1.64. The molecule has 0 unspecified atom stereocenters. The van der Waals surface area contributed by atoms with Crippen LogP contribution in [-0.4, -0.2) is 14.5 Å². The zero-order valence-electron chi connectivity index (χ0n) is 10.8. The van der Waals surface area contributed by atoms with E-state index >= 15 is 0 Å². The molecule has 0 fully saturated rings. The second kappa shape index (κ2) is 5.39. The maximum absolute atomic E-state index is 13.9. The number of rotatable bonds is 2. The molecule has 20 heavy (non-hydrogen) atoms. The van der Waals surface area contributed by atoms with E-state index < -0.39 is 5.95 Å². The Labute approximate surface area is 127 Å². The zero-order valence-corrected chi connectivity index (χ0v) is 13.0. The Morgan fingerprint density at radius 3 is 3.10 bits per heavy atom. The van der Waals surface area contributed by atoms with Crippen LogP contribution in [0.15, 0.2) is 30.5 Å². The first-order valence-electron chi connectivity index (χ1n) is 6.16. The molecule has 106 valence electrons. The molecule has 0 bridgehead atoms. The van der Waals surface area contributed by atoms with Crippen molar-refractivity contribution in [2.75, 3.05) is 18.7 Å². The summed E-state index contributed by atoms with van der Waals surface area (Å²) in [6, 6.07) is 7.10. The molecule has 1 aliphatic rings. The summed E-state index contributed by atoms with van der Waals surface area (Å²) in [5, 5.41) is 3.32. The van der Waals surface area contributed by atoms with E-state index in [0.717, 1.165) is 16.1 Å². The Kier molecular flexibility index (Phi) is 3.60. The number of nitrogens with zero attached hydrogens (tertiary/aromatic N) is 3. The maximum atomic E-state index is 13.9. The van der Waals surface area contributed by atoms with E-state index in [1.54, 1.807) is 18.2 Å². The van der Waals surface area contributed by atoms with Crippen LogP contribution >= 0.6 is 0 Å². The molecule has 0 aromatic carbocycles. The standard InChI is InChI=1S/C13H14FIN5/c1-8(9-3-2-6-17-12(9)14)20-13-10(18-7-15-20)4-5-11(16)19-13/h2-6,8,18H,7H2,1H3,(H2,16,19)/q-1/t8-/m0/s1. The van der Waals surface area contributed by atoms with Crippen molar-refractivity contribution in [1.29, 1.82) is 0 Å². The number of nitrogens with two attached hydrogens (primary N) is 1. The molecule has 3 N–H and O–H groups in total. The van der Waals surface area contributed by atoms with Crippen molar-refractivity contribution >= 4 is 17.3 Å². The Balaban J connectivity index is 2.00. The van der Waals surface area contributed by atoms with Gasteiger partial charge in [-0.1, -0.05) is 0 Å². The number of nitrogens with one attached hydrogen (secondary N) is 1. The number of fused-ring (bicyclic) bond motifs is 1. The molecular weight excluding hydrogens is 372 g/mol. The third-order valence-corrected chi connectivity index (χ3v) is 5.87. The molecule has 3 heterocycles. The van der Waals surface area contributed by atoms with Gasteiger partial charge in [-0.15, -0.1) is 0 Å². The molecule has 1 aliphatic heterocycles. The Bertz CT molecular complexity index is 636. The summed E-state index contributed by atoms with van der Waals surface area (Å²) >= 11 is -0.322. The average molecular weight is 386 g/mol. The van der Waals surface area contributed by atoms with Crippen molar-refractivity contribution in [2.45, 2.75) is 13.0 Å². The number of aromatic nitrogens is 2. The first kappa shape index (κ1) is 13.3. The molecular formula is C13H14FIN5-. The van der Waals surface area contributed by atoms with Gasteiger partial charge in [-0.25, -0.2) is 0 Å². The fourth-order valence-corrected chi connectivity index (χ4v) is 4.64. The van der Waals surface area contributed by atoms with E-state index in [1.165, 1.54) is 6.20 Å². The van der Waals surface area contributed by atoms with Crippen molar-refractivity contribution < 1.29 is 25.9 Å². The van der Waals surface area contributed by atoms with Crippen LogP contribution in [0.5, 0.6) is 0 Å². The van der Waals surface area contributed by atoms with E-state index in [1.807, 2.05) is 13.0 Å². The Morgan fingerprint density at radius 1 is 1.45 bits per heavy atom. The summed E-state index contributed by atoms with van der Waals surface area (Å²) in [4.78, 5) is 8.12. The SMILES string of the molecule is C[C@@H](c1cccnc1F)N1[I-]CNc2ccc(N)nc21. The molecule has 2 aromatic rings. The molecule has 0 saturated carbocycles. The number of alkyl halides is 1. The average Bonchev–Trinajstić information content (AvgIpc) is 2.46. The number of hydrogen-bond acceptors (Lipinski definition) is 5. The van der Waals surface area contributed by atoms with Gasteiger partial charge in [-0.05, 0) is 0 Å². The van der Waals surface area contributed by atoms with Crippen LogP contribution in [0, 0.1) is 5.95 Å². The van der Waals surface area contributed by atoms with Gasteiger partial charge in [-0.3, -0.25) is 0 Å². The van der Waals surface area contributed by atoms with E-state index in [9.17, 15) is 4.39 Å². The van der Waals surface area contributed by atoms with Crippen LogP contribution < -0.4 is 35.6 Å². The predicted octanol–water partition coefficient (Wildman–Crippen LogP) is -0.847. The van der Waals surface area contributed by atoms with E-state index in [4.69, 9.17) is 5.73 Å². The molecule has 0 aliphatic carbocycles. The number of hydrogen-bond donors (Lipinski definition) is 2.